The van der Waals surface area contributed by atoms with E-state index < -0.39 is 0 Å². The summed E-state index contributed by atoms with van der Waals surface area (Å²) in [6.07, 6.45) is 3.46. The molecule has 1 aliphatic heterocycles. The van der Waals surface area contributed by atoms with Crippen LogP contribution in [0.3, 0.4) is 0 Å². The molecular formula is C20H25ClIN5O. The summed E-state index contributed by atoms with van der Waals surface area (Å²) in [6, 6.07) is 12.0. The molecule has 8 heteroatoms. The van der Waals surface area contributed by atoms with E-state index in [0.29, 0.717) is 24.2 Å². The number of rotatable bonds is 5. The lowest BCUT2D eigenvalue weighted by Gasteiger charge is -2.29. The number of aromatic nitrogens is 1. The van der Waals surface area contributed by atoms with Crippen LogP contribution in [-0.2, 0) is 24.2 Å². The summed E-state index contributed by atoms with van der Waals surface area (Å²) >= 11 is 5.79. The first-order valence-electron chi connectivity index (χ1n) is 9.05. The Balaban J connectivity index is 0.00000280. The molecule has 0 atom stereocenters. The molecule has 0 saturated heterocycles. The van der Waals surface area contributed by atoms with Crippen molar-refractivity contribution in [2.24, 2.45) is 4.99 Å². The van der Waals surface area contributed by atoms with Gasteiger partial charge in [-0.2, -0.15) is 0 Å². The Hall–Kier alpha value is -1.87. The van der Waals surface area contributed by atoms with Gasteiger partial charge in [-0.1, -0.05) is 41.9 Å². The van der Waals surface area contributed by atoms with Gasteiger partial charge in [0.05, 0.1) is 6.54 Å². The molecule has 0 bridgehead atoms. The molecule has 2 N–H and O–H groups in total. The lowest BCUT2D eigenvalue weighted by atomic mass is 10.00. The normalized spacial score (nSPS) is 13.4. The van der Waals surface area contributed by atoms with Gasteiger partial charge in [0.2, 0.25) is 5.91 Å². The molecule has 0 unspecified atom stereocenters. The summed E-state index contributed by atoms with van der Waals surface area (Å²) in [7, 11) is 1.70. The minimum atomic E-state index is 0. The van der Waals surface area contributed by atoms with E-state index in [1.165, 1.54) is 11.1 Å². The van der Waals surface area contributed by atoms with Gasteiger partial charge < -0.3 is 15.5 Å². The van der Waals surface area contributed by atoms with Gasteiger partial charge in [0.1, 0.15) is 5.15 Å². The Bertz CT molecular complexity index is 812. The van der Waals surface area contributed by atoms with Crippen LogP contribution in [0.1, 0.15) is 16.7 Å². The number of amides is 1. The summed E-state index contributed by atoms with van der Waals surface area (Å²) in [5.41, 5.74) is 3.66. The maximum atomic E-state index is 12.5. The van der Waals surface area contributed by atoms with E-state index in [0.717, 1.165) is 24.9 Å². The minimum absolute atomic E-state index is 0. The highest BCUT2D eigenvalue weighted by Gasteiger charge is 2.20. The molecule has 2 heterocycles. The summed E-state index contributed by atoms with van der Waals surface area (Å²) in [5.74, 6) is 0.692. The molecule has 28 heavy (non-hydrogen) atoms. The van der Waals surface area contributed by atoms with E-state index in [1.807, 2.05) is 23.1 Å². The molecule has 0 spiro atoms. The van der Waals surface area contributed by atoms with E-state index >= 15 is 0 Å². The second kappa shape index (κ2) is 11.2. The van der Waals surface area contributed by atoms with Crippen LogP contribution in [0.2, 0.25) is 5.15 Å². The molecule has 1 aromatic heterocycles. The molecule has 0 aliphatic carbocycles. The standard InChI is InChI=1S/C20H24ClN5O.HI/c1-22-20(23-10-8-15-6-7-18(21)24-12-15)25-13-19(27)26-11-9-16-4-2-3-5-17(16)14-26;/h2-7,12H,8-11,13-14H2,1H3,(H2,22,23,25);1H. The fourth-order valence-corrected chi connectivity index (χ4v) is 3.19. The number of carbonyl (C=O) groups excluding carboxylic acids is 1. The number of hydrogen-bond acceptors (Lipinski definition) is 3. The van der Waals surface area contributed by atoms with Crippen molar-refractivity contribution in [1.82, 2.24) is 20.5 Å². The Kier molecular flexibility index (Phi) is 8.98. The van der Waals surface area contributed by atoms with Crippen molar-refractivity contribution in [2.75, 3.05) is 26.7 Å². The molecule has 0 radical (unpaired) electrons. The first kappa shape index (κ1) is 22.4. The fourth-order valence-electron chi connectivity index (χ4n) is 3.08. The van der Waals surface area contributed by atoms with Gasteiger partial charge in [-0.3, -0.25) is 9.79 Å². The Morgan fingerprint density at radius 3 is 2.71 bits per heavy atom. The predicted molar refractivity (Wildman–Crippen MR) is 123 cm³/mol. The van der Waals surface area contributed by atoms with Crippen LogP contribution in [0.25, 0.3) is 0 Å². The first-order valence-corrected chi connectivity index (χ1v) is 9.43. The van der Waals surface area contributed by atoms with Crippen LogP contribution in [0.4, 0.5) is 0 Å². The molecular weight excluding hydrogens is 489 g/mol. The van der Waals surface area contributed by atoms with Crippen molar-refractivity contribution in [3.05, 3.63) is 64.4 Å². The number of hydrogen-bond donors (Lipinski definition) is 2. The molecule has 0 fully saturated rings. The zero-order valence-corrected chi connectivity index (χ0v) is 18.9. The fraction of sp³-hybridized carbons (Fsp3) is 0.350. The molecule has 6 nitrogen and oxygen atoms in total. The largest absolute Gasteiger partial charge is 0.356 e. The second-order valence-corrected chi connectivity index (χ2v) is 6.81. The van der Waals surface area contributed by atoms with Crippen LogP contribution in [0.5, 0.6) is 0 Å². The van der Waals surface area contributed by atoms with Crippen molar-refractivity contribution in [2.45, 2.75) is 19.4 Å². The van der Waals surface area contributed by atoms with Crippen molar-refractivity contribution in [1.29, 1.82) is 0 Å². The van der Waals surface area contributed by atoms with E-state index in [2.05, 4.69) is 32.7 Å². The Morgan fingerprint density at radius 2 is 2.00 bits per heavy atom. The smallest absolute Gasteiger partial charge is 0.242 e. The van der Waals surface area contributed by atoms with E-state index in [1.54, 1.807) is 19.3 Å². The number of halogens is 2. The molecule has 0 saturated carbocycles. The van der Waals surface area contributed by atoms with E-state index in [9.17, 15) is 4.79 Å². The number of pyridine rings is 1. The number of carbonyl (C=O) groups is 1. The molecule has 150 valence electrons. The van der Waals surface area contributed by atoms with Crippen molar-refractivity contribution in [3.8, 4) is 0 Å². The topological polar surface area (TPSA) is 69.6 Å². The van der Waals surface area contributed by atoms with Gasteiger partial charge in [0, 0.05) is 32.9 Å². The second-order valence-electron chi connectivity index (χ2n) is 6.43. The average Bonchev–Trinajstić information content (AvgIpc) is 2.71. The summed E-state index contributed by atoms with van der Waals surface area (Å²) in [6.45, 7) is 2.35. The third-order valence-corrected chi connectivity index (χ3v) is 4.83. The van der Waals surface area contributed by atoms with Gasteiger partial charge in [-0.05, 0) is 35.6 Å². The van der Waals surface area contributed by atoms with Gasteiger partial charge in [-0.15, -0.1) is 24.0 Å². The molecule has 3 rings (SSSR count). The quantitative estimate of drug-likeness (QED) is 0.279. The third kappa shape index (κ3) is 6.34. The number of guanidine groups is 1. The minimum Gasteiger partial charge on any atom is -0.356 e. The lowest BCUT2D eigenvalue weighted by molar-refractivity contribution is -0.130. The molecule has 2 aromatic rings. The number of nitrogens with zero attached hydrogens (tertiary/aromatic N) is 3. The molecule has 1 aliphatic rings. The first-order chi connectivity index (χ1) is 13.2. The number of nitrogens with one attached hydrogen (secondary N) is 2. The maximum Gasteiger partial charge on any atom is 0.242 e. The summed E-state index contributed by atoms with van der Waals surface area (Å²) < 4.78 is 0. The average molecular weight is 514 g/mol. The van der Waals surface area contributed by atoms with Crippen LogP contribution in [-0.4, -0.2) is 48.4 Å². The Labute approximate surface area is 187 Å². The monoisotopic (exact) mass is 513 g/mol. The van der Waals surface area contributed by atoms with Gasteiger partial charge in [0.15, 0.2) is 5.96 Å². The number of aliphatic imine (C=N–C) groups is 1. The molecule has 1 amide bonds. The van der Waals surface area contributed by atoms with Crippen LogP contribution < -0.4 is 10.6 Å². The van der Waals surface area contributed by atoms with Gasteiger partial charge in [-0.25, -0.2) is 4.98 Å². The van der Waals surface area contributed by atoms with Gasteiger partial charge >= 0.3 is 0 Å². The van der Waals surface area contributed by atoms with Crippen molar-refractivity contribution >= 4 is 47.4 Å². The highest BCUT2D eigenvalue weighted by molar-refractivity contribution is 14.0. The zero-order valence-electron chi connectivity index (χ0n) is 15.8. The third-order valence-electron chi connectivity index (χ3n) is 4.61. The summed E-state index contributed by atoms with van der Waals surface area (Å²) in [5, 5.41) is 6.80. The zero-order chi connectivity index (χ0) is 19.1. The van der Waals surface area contributed by atoms with Crippen LogP contribution in [0.15, 0.2) is 47.6 Å². The van der Waals surface area contributed by atoms with Crippen LogP contribution in [0, 0.1) is 0 Å². The van der Waals surface area contributed by atoms with Crippen LogP contribution >= 0.6 is 35.6 Å². The highest BCUT2D eigenvalue weighted by Crippen LogP contribution is 2.18. The van der Waals surface area contributed by atoms with E-state index in [4.69, 9.17) is 11.6 Å². The maximum absolute atomic E-state index is 12.5. The SMILES string of the molecule is CN=C(NCCc1ccc(Cl)nc1)NCC(=O)N1CCc2ccccc2C1.I. The van der Waals surface area contributed by atoms with Crippen molar-refractivity contribution < 1.29 is 4.79 Å². The number of fused-ring (bicyclic) bond motifs is 1. The molecule has 1 aromatic carbocycles. The van der Waals surface area contributed by atoms with Crippen molar-refractivity contribution in [3.63, 3.8) is 0 Å². The predicted octanol–water partition coefficient (Wildman–Crippen LogP) is 2.65. The van der Waals surface area contributed by atoms with Gasteiger partial charge in [0.25, 0.3) is 0 Å². The number of benzene rings is 1. The van der Waals surface area contributed by atoms with E-state index in [-0.39, 0.29) is 36.4 Å². The highest BCUT2D eigenvalue weighted by atomic mass is 127. The summed E-state index contributed by atoms with van der Waals surface area (Å²) in [4.78, 5) is 22.6. The Morgan fingerprint density at radius 1 is 1.21 bits per heavy atom. The lowest BCUT2D eigenvalue weighted by Crippen LogP contribution is -2.46.